The summed E-state index contributed by atoms with van der Waals surface area (Å²) in [6, 6.07) is 20.3. The van der Waals surface area contributed by atoms with Crippen LogP contribution in [-0.2, 0) is 17.9 Å². The van der Waals surface area contributed by atoms with E-state index in [1.807, 2.05) is 47.1 Å². The van der Waals surface area contributed by atoms with Gasteiger partial charge >= 0.3 is 0 Å². The van der Waals surface area contributed by atoms with Crippen LogP contribution in [0.4, 0.5) is 0 Å². The molecule has 0 saturated heterocycles. The highest BCUT2D eigenvalue weighted by molar-refractivity contribution is 5.81. The molecule has 0 atom stereocenters. The number of benzene rings is 3. The normalized spacial score (nSPS) is 10.8. The van der Waals surface area contributed by atoms with Crippen LogP contribution in [0.5, 0.6) is 11.5 Å². The quantitative estimate of drug-likeness (QED) is 0.440. The fourth-order valence-corrected chi connectivity index (χ4v) is 3.80. The molecule has 3 aromatic carbocycles. The van der Waals surface area contributed by atoms with Crippen LogP contribution in [0.3, 0.4) is 0 Å². The first kappa shape index (κ1) is 21.4. The summed E-state index contributed by atoms with van der Waals surface area (Å²) in [7, 11) is 3.32. The van der Waals surface area contributed by atoms with E-state index in [9.17, 15) is 4.79 Å². The van der Waals surface area contributed by atoms with Crippen LogP contribution in [0, 0.1) is 6.92 Å². The minimum atomic E-state index is -0.000587. The maximum atomic E-state index is 11.5. The molecule has 1 amide bonds. The zero-order valence-corrected chi connectivity index (χ0v) is 18.6. The number of methoxy groups -OCH3 is 1. The Labute approximate surface area is 187 Å². The topological polar surface area (TPSA) is 65.4 Å². The first-order chi connectivity index (χ1) is 15.6. The Kier molecular flexibility index (Phi) is 6.40. The number of nitrogens with zero attached hydrogens (tertiary/aromatic N) is 2. The molecule has 4 rings (SSSR count). The summed E-state index contributed by atoms with van der Waals surface area (Å²) in [5.41, 5.74) is 5.56. The molecule has 0 aliphatic heterocycles. The third-order valence-electron chi connectivity index (χ3n) is 5.58. The predicted octanol–water partition coefficient (Wildman–Crippen LogP) is 4.74. The lowest BCUT2D eigenvalue weighted by Crippen LogP contribution is -2.19. The number of carbonyl (C=O) groups is 1. The van der Waals surface area contributed by atoms with Crippen LogP contribution >= 0.6 is 0 Å². The molecule has 0 bridgehead atoms. The minimum Gasteiger partial charge on any atom is -0.497 e. The summed E-state index contributed by atoms with van der Waals surface area (Å²) in [5.74, 6) is 1.63. The number of nitrogens with one attached hydrogen (secondary N) is 1. The molecule has 4 aromatic rings. The number of fused-ring (bicyclic) bond motifs is 1. The summed E-state index contributed by atoms with van der Waals surface area (Å²) < 4.78 is 13.3. The second-order valence-electron chi connectivity index (χ2n) is 7.64. The lowest BCUT2D eigenvalue weighted by atomic mass is 9.96. The molecule has 1 heterocycles. The molecule has 0 spiro atoms. The van der Waals surface area contributed by atoms with E-state index in [2.05, 4.69) is 35.5 Å². The Morgan fingerprint density at radius 3 is 2.62 bits per heavy atom. The van der Waals surface area contributed by atoms with E-state index in [0.29, 0.717) is 19.6 Å². The Balaban J connectivity index is 1.51. The number of amides is 1. The highest BCUT2D eigenvalue weighted by Gasteiger charge is 2.10. The zero-order chi connectivity index (χ0) is 22.5. The average Bonchev–Trinajstić information content (AvgIpc) is 3.23. The van der Waals surface area contributed by atoms with Gasteiger partial charge in [-0.2, -0.15) is 5.10 Å². The fraction of sp³-hybridized carbons (Fsp3) is 0.231. The van der Waals surface area contributed by atoms with Crippen LogP contribution in [0.1, 0.15) is 17.5 Å². The molecule has 0 aliphatic carbocycles. The molecule has 6 heteroatoms. The zero-order valence-electron chi connectivity index (χ0n) is 18.6. The van der Waals surface area contributed by atoms with Crippen LogP contribution < -0.4 is 14.8 Å². The van der Waals surface area contributed by atoms with Crippen molar-refractivity contribution in [1.29, 1.82) is 0 Å². The van der Waals surface area contributed by atoms with Gasteiger partial charge in [0, 0.05) is 18.9 Å². The van der Waals surface area contributed by atoms with Crippen LogP contribution in [0.15, 0.2) is 66.9 Å². The molecule has 164 valence electrons. The van der Waals surface area contributed by atoms with Gasteiger partial charge in [-0.15, -0.1) is 0 Å². The largest absolute Gasteiger partial charge is 0.497 e. The van der Waals surface area contributed by atoms with Gasteiger partial charge in [0.1, 0.15) is 18.1 Å². The number of hydrogen-bond acceptors (Lipinski definition) is 4. The molecule has 1 N–H and O–H groups in total. The molecule has 0 saturated carbocycles. The van der Waals surface area contributed by atoms with E-state index >= 15 is 0 Å². The molecule has 0 radical (unpaired) electrons. The standard InChI is InChI=1S/C26H27N3O3/c1-18-14-21(31-3)8-10-23(18)24-7-5-4-6-19(24)17-32-22-9-11-25-20(15-22)16-28-29(25)13-12-26(30)27-2/h4-11,14-16H,12-13,17H2,1-3H3,(H,27,30). The Morgan fingerprint density at radius 1 is 1.03 bits per heavy atom. The predicted molar refractivity (Wildman–Crippen MR) is 126 cm³/mol. The number of aryl methyl sites for hydroxylation is 2. The van der Waals surface area contributed by atoms with Gasteiger partial charge in [-0.25, -0.2) is 0 Å². The molecular formula is C26H27N3O3. The van der Waals surface area contributed by atoms with E-state index in [1.165, 1.54) is 0 Å². The molecule has 0 aliphatic rings. The van der Waals surface area contributed by atoms with Gasteiger partial charge in [-0.3, -0.25) is 9.48 Å². The monoisotopic (exact) mass is 429 g/mol. The molecule has 6 nitrogen and oxygen atoms in total. The molecule has 0 fully saturated rings. The first-order valence-corrected chi connectivity index (χ1v) is 10.6. The minimum absolute atomic E-state index is 0.000587. The van der Waals surface area contributed by atoms with Crippen LogP contribution in [-0.4, -0.2) is 29.8 Å². The molecular weight excluding hydrogens is 402 g/mol. The van der Waals surface area contributed by atoms with Crippen molar-refractivity contribution >= 4 is 16.8 Å². The van der Waals surface area contributed by atoms with Gasteiger partial charge in [0.2, 0.25) is 5.91 Å². The lowest BCUT2D eigenvalue weighted by molar-refractivity contribution is -0.120. The maximum Gasteiger partial charge on any atom is 0.221 e. The van der Waals surface area contributed by atoms with Crippen molar-refractivity contribution in [3.05, 3.63) is 78.0 Å². The van der Waals surface area contributed by atoms with E-state index in [1.54, 1.807) is 20.4 Å². The highest BCUT2D eigenvalue weighted by Crippen LogP contribution is 2.30. The molecule has 0 unspecified atom stereocenters. The van der Waals surface area contributed by atoms with Crippen molar-refractivity contribution in [3.63, 3.8) is 0 Å². The SMILES string of the molecule is CNC(=O)CCn1ncc2cc(OCc3ccccc3-c3ccc(OC)cc3C)ccc21. The van der Waals surface area contributed by atoms with Crippen molar-refractivity contribution in [1.82, 2.24) is 15.1 Å². The summed E-state index contributed by atoms with van der Waals surface area (Å²) in [5, 5.41) is 8.03. The maximum absolute atomic E-state index is 11.5. The van der Waals surface area contributed by atoms with Gasteiger partial charge in [0.25, 0.3) is 0 Å². The Morgan fingerprint density at radius 2 is 1.84 bits per heavy atom. The summed E-state index contributed by atoms with van der Waals surface area (Å²) >= 11 is 0. The fourth-order valence-electron chi connectivity index (χ4n) is 3.80. The summed E-state index contributed by atoms with van der Waals surface area (Å²) in [4.78, 5) is 11.5. The number of hydrogen-bond donors (Lipinski definition) is 1. The van der Waals surface area contributed by atoms with E-state index in [4.69, 9.17) is 9.47 Å². The second kappa shape index (κ2) is 9.56. The summed E-state index contributed by atoms with van der Waals surface area (Å²) in [6.45, 7) is 3.08. The Hall–Kier alpha value is -3.80. The highest BCUT2D eigenvalue weighted by atomic mass is 16.5. The van der Waals surface area contributed by atoms with Gasteiger partial charge in [0.15, 0.2) is 0 Å². The van der Waals surface area contributed by atoms with Crippen LogP contribution in [0.25, 0.3) is 22.0 Å². The number of carbonyl (C=O) groups excluding carboxylic acids is 1. The van der Waals surface area contributed by atoms with Gasteiger partial charge in [-0.05, 0) is 59.5 Å². The number of ether oxygens (including phenoxy) is 2. The number of aromatic nitrogens is 2. The van der Waals surface area contributed by atoms with E-state index < -0.39 is 0 Å². The van der Waals surface area contributed by atoms with Crippen molar-refractivity contribution in [2.75, 3.05) is 14.2 Å². The summed E-state index contributed by atoms with van der Waals surface area (Å²) in [6.07, 6.45) is 2.20. The first-order valence-electron chi connectivity index (χ1n) is 10.6. The third kappa shape index (κ3) is 4.59. The van der Waals surface area contributed by atoms with Crippen molar-refractivity contribution < 1.29 is 14.3 Å². The van der Waals surface area contributed by atoms with Gasteiger partial charge < -0.3 is 14.8 Å². The lowest BCUT2D eigenvalue weighted by Gasteiger charge is -2.14. The van der Waals surface area contributed by atoms with Gasteiger partial charge in [0.05, 0.1) is 25.4 Å². The Bertz CT molecular complexity index is 1250. The molecule has 32 heavy (non-hydrogen) atoms. The third-order valence-corrected chi connectivity index (χ3v) is 5.58. The molecule has 1 aromatic heterocycles. The van der Waals surface area contributed by atoms with Gasteiger partial charge in [-0.1, -0.05) is 30.3 Å². The van der Waals surface area contributed by atoms with E-state index in [-0.39, 0.29) is 5.91 Å². The average molecular weight is 430 g/mol. The second-order valence-corrected chi connectivity index (χ2v) is 7.64. The van der Waals surface area contributed by atoms with Crippen molar-refractivity contribution in [2.45, 2.75) is 26.5 Å². The van der Waals surface area contributed by atoms with E-state index in [0.717, 1.165) is 44.7 Å². The van der Waals surface area contributed by atoms with Crippen molar-refractivity contribution in [3.8, 4) is 22.6 Å². The smallest absolute Gasteiger partial charge is 0.221 e. The van der Waals surface area contributed by atoms with Crippen LogP contribution in [0.2, 0.25) is 0 Å². The number of rotatable bonds is 8. The van der Waals surface area contributed by atoms with Crippen molar-refractivity contribution in [2.24, 2.45) is 0 Å².